The Morgan fingerprint density at radius 3 is 2.38 bits per heavy atom. The van der Waals surface area contributed by atoms with Gasteiger partial charge >= 0.3 is 0 Å². The summed E-state index contributed by atoms with van der Waals surface area (Å²) in [5.74, 6) is 0.983. The second kappa shape index (κ2) is 7.81. The molecule has 0 bridgehead atoms. The summed E-state index contributed by atoms with van der Waals surface area (Å²) in [6.07, 6.45) is 5.60. The van der Waals surface area contributed by atoms with E-state index in [2.05, 4.69) is 45.4 Å². The molecule has 2 fully saturated rings. The van der Waals surface area contributed by atoms with Gasteiger partial charge in [-0.25, -0.2) is 0 Å². The van der Waals surface area contributed by atoms with Crippen LogP contribution in [0.2, 0.25) is 0 Å². The molecule has 1 aromatic carbocycles. The molecule has 21 heavy (non-hydrogen) atoms. The maximum Gasteiger partial charge on any atom is 0.0367 e. The Morgan fingerprint density at radius 1 is 0.952 bits per heavy atom. The van der Waals surface area contributed by atoms with Crippen molar-refractivity contribution in [2.24, 2.45) is 5.92 Å². The number of nitrogens with zero attached hydrogens (tertiary/aromatic N) is 2. The van der Waals surface area contributed by atoms with Crippen molar-refractivity contribution >= 4 is 5.69 Å². The Kier molecular flexibility index (Phi) is 5.53. The van der Waals surface area contributed by atoms with E-state index in [0.29, 0.717) is 0 Å². The Morgan fingerprint density at radius 2 is 1.67 bits per heavy atom. The van der Waals surface area contributed by atoms with Crippen LogP contribution >= 0.6 is 0 Å². The zero-order chi connectivity index (χ0) is 14.3. The van der Waals surface area contributed by atoms with Crippen molar-refractivity contribution in [3.63, 3.8) is 0 Å². The molecule has 0 unspecified atom stereocenters. The van der Waals surface area contributed by atoms with Crippen LogP contribution in [0.3, 0.4) is 0 Å². The van der Waals surface area contributed by atoms with Gasteiger partial charge in [0, 0.05) is 31.9 Å². The molecular formula is C18H29N3. The smallest absolute Gasteiger partial charge is 0.0367 e. The molecule has 0 radical (unpaired) electrons. The second-order valence-corrected chi connectivity index (χ2v) is 6.50. The first-order valence-corrected chi connectivity index (χ1v) is 8.65. The summed E-state index contributed by atoms with van der Waals surface area (Å²) in [7, 11) is 0. The topological polar surface area (TPSA) is 18.5 Å². The fraction of sp³-hybridized carbons (Fsp3) is 0.667. The van der Waals surface area contributed by atoms with Crippen molar-refractivity contribution < 1.29 is 0 Å². The van der Waals surface area contributed by atoms with E-state index in [0.717, 1.165) is 5.92 Å². The molecule has 0 aliphatic carbocycles. The van der Waals surface area contributed by atoms with E-state index in [1.165, 1.54) is 77.2 Å². The lowest BCUT2D eigenvalue weighted by Crippen LogP contribution is -2.46. The van der Waals surface area contributed by atoms with Crippen LogP contribution in [0.1, 0.15) is 25.7 Å². The lowest BCUT2D eigenvalue weighted by Gasteiger charge is -2.36. The number of hydrogen-bond acceptors (Lipinski definition) is 3. The van der Waals surface area contributed by atoms with Crippen molar-refractivity contribution in [2.45, 2.75) is 25.7 Å². The molecule has 2 saturated heterocycles. The van der Waals surface area contributed by atoms with Crippen molar-refractivity contribution in [1.29, 1.82) is 0 Å². The minimum atomic E-state index is 0.983. The molecule has 2 heterocycles. The molecular weight excluding hydrogens is 258 g/mol. The number of piperidine rings is 1. The van der Waals surface area contributed by atoms with E-state index in [9.17, 15) is 0 Å². The summed E-state index contributed by atoms with van der Waals surface area (Å²) >= 11 is 0. The van der Waals surface area contributed by atoms with Gasteiger partial charge in [-0.1, -0.05) is 18.2 Å². The van der Waals surface area contributed by atoms with E-state index >= 15 is 0 Å². The van der Waals surface area contributed by atoms with Crippen LogP contribution in [-0.4, -0.2) is 50.7 Å². The van der Waals surface area contributed by atoms with E-state index in [1.54, 1.807) is 0 Å². The van der Waals surface area contributed by atoms with Crippen LogP contribution < -0.4 is 10.2 Å². The first kappa shape index (κ1) is 14.9. The highest BCUT2D eigenvalue weighted by molar-refractivity contribution is 5.46. The Bertz CT molecular complexity index is 392. The van der Waals surface area contributed by atoms with Gasteiger partial charge in [-0.05, 0) is 63.4 Å². The molecule has 0 aromatic heterocycles. The highest BCUT2D eigenvalue weighted by Crippen LogP contribution is 2.19. The minimum absolute atomic E-state index is 0.983. The molecule has 3 nitrogen and oxygen atoms in total. The average molecular weight is 287 g/mol. The molecule has 3 rings (SSSR count). The van der Waals surface area contributed by atoms with E-state index in [4.69, 9.17) is 0 Å². The Labute approximate surface area is 129 Å². The predicted octanol–water partition coefficient (Wildman–Crippen LogP) is 2.59. The zero-order valence-electron chi connectivity index (χ0n) is 13.1. The SMILES string of the molecule is c1ccc(N2CCN(CCCC3CCNCC3)CC2)cc1. The van der Waals surface area contributed by atoms with Crippen molar-refractivity contribution in [3.05, 3.63) is 30.3 Å². The van der Waals surface area contributed by atoms with Crippen LogP contribution in [-0.2, 0) is 0 Å². The van der Waals surface area contributed by atoms with Gasteiger partial charge in [0.05, 0.1) is 0 Å². The number of piperazine rings is 1. The van der Waals surface area contributed by atoms with Gasteiger partial charge in [-0.3, -0.25) is 4.90 Å². The molecule has 116 valence electrons. The average Bonchev–Trinajstić information content (AvgIpc) is 2.57. The minimum Gasteiger partial charge on any atom is -0.369 e. The summed E-state index contributed by atoms with van der Waals surface area (Å²) in [5, 5.41) is 3.46. The van der Waals surface area contributed by atoms with Gasteiger partial charge in [-0.2, -0.15) is 0 Å². The lowest BCUT2D eigenvalue weighted by atomic mass is 9.93. The summed E-state index contributed by atoms with van der Waals surface area (Å²) in [5.41, 5.74) is 1.38. The van der Waals surface area contributed by atoms with E-state index in [-0.39, 0.29) is 0 Å². The highest BCUT2D eigenvalue weighted by atomic mass is 15.3. The maximum absolute atomic E-state index is 3.46. The normalized spacial score (nSPS) is 21.6. The summed E-state index contributed by atoms with van der Waals surface area (Å²) in [4.78, 5) is 5.17. The number of benzene rings is 1. The van der Waals surface area contributed by atoms with Gasteiger partial charge in [0.1, 0.15) is 0 Å². The molecule has 2 aliphatic heterocycles. The molecule has 2 aliphatic rings. The van der Waals surface area contributed by atoms with Crippen LogP contribution in [0, 0.1) is 5.92 Å². The van der Waals surface area contributed by atoms with Crippen molar-refractivity contribution in [1.82, 2.24) is 10.2 Å². The molecule has 3 heteroatoms. The number of anilines is 1. The quantitative estimate of drug-likeness (QED) is 0.898. The molecule has 1 N–H and O–H groups in total. The second-order valence-electron chi connectivity index (χ2n) is 6.50. The molecule has 1 aromatic rings. The Balaban J connectivity index is 1.34. The third kappa shape index (κ3) is 4.45. The third-order valence-electron chi connectivity index (χ3n) is 5.04. The van der Waals surface area contributed by atoms with Crippen LogP contribution in [0.25, 0.3) is 0 Å². The van der Waals surface area contributed by atoms with Gasteiger partial charge in [0.15, 0.2) is 0 Å². The summed E-state index contributed by atoms with van der Waals surface area (Å²) < 4.78 is 0. The van der Waals surface area contributed by atoms with Gasteiger partial charge in [0.25, 0.3) is 0 Å². The standard InChI is InChI=1S/C18H29N3/c1-2-6-18(7-3-1)21-15-13-20(14-16-21)12-4-5-17-8-10-19-11-9-17/h1-3,6-7,17,19H,4-5,8-16H2. The van der Waals surface area contributed by atoms with Gasteiger partial charge in [-0.15, -0.1) is 0 Å². The summed E-state index contributed by atoms with van der Waals surface area (Å²) in [6, 6.07) is 10.8. The molecule has 0 saturated carbocycles. The van der Waals surface area contributed by atoms with Crippen molar-refractivity contribution in [2.75, 3.05) is 50.7 Å². The first-order chi connectivity index (χ1) is 10.4. The third-order valence-corrected chi connectivity index (χ3v) is 5.04. The number of nitrogens with one attached hydrogen (secondary N) is 1. The molecule has 0 amide bonds. The fourth-order valence-electron chi connectivity index (χ4n) is 3.64. The molecule has 0 atom stereocenters. The Hall–Kier alpha value is -1.06. The van der Waals surface area contributed by atoms with Crippen LogP contribution in [0.15, 0.2) is 30.3 Å². The maximum atomic E-state index is 3.46. The first-order valence-electron chi connectivity index (χ1n) is 8.65. The summed E-state index contributed by atoms with van der Waals surface area (Å²) in [6.45, 7) is 8.57. The molecule has 0 spiro atoms. The monoisotopic (exact) mass is 287 g/mol. The van der Waals surface area contributed by atoms with Crippen molar-refractivity contribution in [3.8, 4) is 0 Å². The van der Waals surface area contributed by atoms with Gasteiger partial charge in [0.2, 0.25) is 0 Å². The highest BCUT2D eigenvalue weighted by Gasteiger charge is 2.18. The number of hydrogen-bond donors (Lipinski definition) is 1. The van der Waals surface area contributed by atoms with Crippen LogP contribution in [0.4, 0.5) is 5.69 Å². The van der Waals surface area contributed by atoms with Crippen LogP contribution in [0.5, 0.6) is 0 Å². The largest absolute Gasteiger partial charge is 0.369 e. The van der Waals surface area contributed by atoms with Gasteiger partial charge < -0.3 is 10.2 Å². The lowest BCUT2D eigenvalue weighted by molar-refractivity contribution is 0.239. The predicted molar refractivity (Wildman–Crippen MR) is 89.9 cm³/mol. The number of rotatable bonds is 5. The fourth-order valence-corrected chi connectivity index (χ4v) is 3.64. The number of para-hydroxylation sites is 1. The van der Waals surface area contributed by atoms with E-state index < -0.39 is 0 Å². The van der Waals surface area contributed by atoms with E-state index in [1.807, 2.05) is 0 Å². The zero-order valence-corrected chi connectivity index (χ0v) is 13.1.